The number of nitrogens with zero attached hydrogens (tertiary/aromatic N) is 2. The summed E-state index contributed by atoms with van der Waals surface area (Å²) in [6.07, 6.45) is 0. The molecular weight excluding hydrogens is 228 g/mol. The van der Waals surface area contributed by atoms with E-state index in [1.54, 1.807) is 0 Å². The number of hydrogen-bond acceptors (Lipinski definition) is 4. The minimum Gasteiger partial charge on any atom is -0.396 e. The van der Waals surface area contributed by atoms with E-state index in [1.165, 1.54) is 11.4 Å². The number of rotatable bonds is 5. The largest absolute Gasteiger partial charge is 0.396 e. The molecule has 1 heterocycles. The summed E-state index contributed by atoms with van der Waals surface area (Å²) in [5, 5.41) is 9.49. The van der Waals surface area contributed by atoms with Crippen molar-refractivity contribution in [2.75, 3.05) is 57.3 Å². The second-order valence-electron chi connectivity index (χ2n) is 5.39. The second kappa shape index (κ2) is 5.16. The Balaban J connectivity index is 2.15. The lowest BCUT2D eigenvalue weighted by molar-refractivity contribution is -0.130. The monoisotopic (exact) mass is 250 g/mol. The molecular formula is C14H22N2O2. The molecule has 1 aromatic rings. The molecule has 0 amide bonds. The predicted octanol–water partition coefficient (Wildman–Crippen LogP) is 1.20. The first kappa shape index (κ1) is 13.2. The Bertz CT molecular complexity index is 397. The van der Waals surface area contributed by atoms with Gasteiger partial charge in [0, 0.05) is 27.7 Å². The quantitative estimate of drug-likeness (QED) is 0.852. The summed E-state index contributed by atoms with van der Waals surface area (Å²) < 4.78 is 5.25. The smallest absolute Gasteiger partial charge is 0.0601 e. The van der Waals surface area contributed by atoms with Crippen LogP contribution in [0.3, 0.4) is 0 Å². The first-order valence-electron chi connectivity index (χ1n) is 6.24. The van der Waals surface area contributed by atoms with Gasteiger partial charge in [-0.1, -0.05) is 12.1 Å². The molecule has 0 aliphatic carbocycles. The Morgan fingerprint density at radius 1 is 1.17 bits per heavy atom. The van der Waals surface area contributed by atoms with Gasteiger partial charge in [0.2, 0.25) is 0 Å². The van der Waals surface area contributed by atoms with Gasteiger partial charge in [-0.15, -0.1) is 0 Å². The highest BCUT2D eigenvalue weighted by Gasteiger charge is 2.39. The van der Waals surface area contributed by atoms with Gasteiger partial charge in [-0.05, 0) is 12.1 Å². The van der Waals surface area contributed by atoms with Gasteiger partial charge < -0.3 is 19.6 Å². The van der Waals surface area contributed by atoms with Gasteiger partial charge in [0.05, 0.1) is 36.6 Å². The average molecular weight is 250 g/mol. The third-order valence-electron chi connectivity index (χ3n) is 3.50. The van der Waals surface area contributed by atoms with Gasteiger partial charge in [-0.2, -0.15) is 0 Å². The first-order chi connectivity index (χ1) is 8.58. The van der Waals surface area contributed by atoms with Crippen LogP contribution in [0.5, 0.6) is 0 Å². The predicted molar refractivity (Wildman–Crippen MR) is 74.4 cm³/mol. The Labute approximate surface area is 109 Å². The summed E-state index contributed by atoms with van der Waals surface area (Å²) in [7, 11) is 6.15. The Hall–Kier alpha value is -1.26. The fourth-order valence-corrected chi connectivity index (χ4v) is 2.38. The average Bonchev–Trinajstić information content (AvgIpc) is 2.33. The van der Waals surface area contributed by atoms with Gasteiger partial charge in [0.15, 0.2) is 0 Å². The summed E-state index contributed by atoms with van der Waals surface area (Å²) in [5.74, 6) is 0. The SMILES string of the molecule is CN(C)c1ccccc1N(C)CC1(CO)COC1. The van der Waals surface area contributed by atoms with E-state index in [2.05, 4.69) is 29.0 Å². The van der Waals surface area contributed by atoms with Crippen LogP contribution in [-0.4, -0.2) is 52.6 Å². The molecule has 1 saturated heterocycles. The van der Waals surface area contributed by atoms with Gasteiger partial charge >= 0.3 is 0 Å². The molecule has 18 heavy (non-hydrogen) atoms. The molecule has 0 spiro atoms. The van der Waals surface area contributed by atoms with E-state index < -0.39 is 0 Å². The van der Waals surface area contributed by atoms with Gasteiger partial charge in [0.25, 0.3) is 0 Å². The Morgan fingerprint density at radius 3 is 2.22 bits per heavy atom. The summed E-state index contributed by atoms with van der Waals surface area (Å²) in [6, 6.07) is 8.30. The Kier molecular flexibility index (Phi) is 3.78. The molecule has 4 heteroatoms. The van der Waals surface area contributed by atoms with Gasteiger partial charge in [-0.3, -0.25) is 0 Å². The lowest BCUT2D eigenvalue weighted by atomic mass is 9.86. The normalized spacial score (nSPS) is 17.1. The molecule has 4 nitrogen and oxygen atoms in total. The first-order valence-corrected chi connectivity index (χ1v) is 6.24. The van der Waals surface area contributed by atoms with Crippen molar-refractivity contribution in [3.05, 3.63) is 24.3 Å². The molecule has 0 aromatic heterocycles. The van der Waals surface area contributed by atoms with E-state index in [9.17, 15) is 5.11 Å². The van der Waals surface area contributed by atoms with Crippen molar-refractivity contribution < 1.29 is 9.84 Å². The molecule has 0 radical (unpaired) electrons. The van der Waals surface area contributed by atoms with Crippen LogP contribution in [0.4, 0.5) is 11.4 Å². The van der Waals surface area contributed by atoms with Crippen molar-refractivity contribution in [2.24, 2.45) is 5.41 Å². The van der Waals surface area contributed by atoms with Crippen LogP contribution in [0.15, 0.2) is 24.3 Å². The molecule has 1 aliphatic heterocycles. The zero-order chi connectivity index (χ0) is 13.2. The minimum absolute atomic E-state index is 0.0891. The molecule has 1 aliphatic rings. The van der Waals surface area contributed by atoms with E-state index in [4.69, 9.17) is 4.74 Å². The number of hydrogen-bond donors (Lipinski definition) is 1. The molecule has 1 fully saturated rings. The second-order valence-corrected chi connectivity index (χ2v) is 5.39. The highest BCUT2D eigenvalue weighted by molar-refractivity contribution is 5.70. The molecule has 100 valence electrons. The van der Waals surface area contributed by atoms with Crippen molar-refractivity contribution in [2.45, 2.75) is 0 Å². The van der Waals surface area contributed by atoms with Crippen LogP contribution in [0.25, 0.3) is 0 Å². The van der Waals surface area contributed by atoms with Crippen LogP contribution < -0.4 is 9.80 Å². The maximum absolute atomic E-state index is 9.49. The van der Waals surface area contributed by atoms with E-state index in [1.807, 2.05) is 26.2 Å². The summed E-state index contributed by atoms with van der Waals surface area (Å²) in [5.41, 5.74) is 2.28. The maximum atomic E-state index is 9.49. The van der Waals surface area contributed by atoms with Crippen molar-refractivity contribution in [3.8, 4) is 0 Å². The highest BCUT2D eigenvalue weighted by Crippen LogP contribution is 2.32. The summed E-state index contributed by atoms with van der Waals surface area (Å²) in [4.78, 5) is 4.31. The van der Waals surface area contributed by atoms with Crippen molar-refractivity contribution >= 4 is 11.4 Å². The maximum Gasteiger partial charge on any atom is 0.0601 e. The molecule has 1 aromatic carbocycles. The summed E-state index contributed by atoms with van der Waals surface area (Å²) in [6.45, 7) is 2.30. The van der Waals surface area contributed by atoms with Crippen LogP contribution in [-0.2, 0) is 4.74 Å². The molecule has 1 N–H and O–H groups in total. The van der Waals surface area contributed by atoms with Gasteiger partial charge in [-0.25, -0.2) is 0 Å². The number of aliphatic hydroxyl groups excluding tert-OH is 1. The zero-order valence-corrected chi connectivity index (χ0v) is 11.4. The topological polar surface area (TPSA) is 35.9 Å². The third kappa shape index (κ3) is 2.44. The molecule has 0 atom stereocenters. The number of aliphatic hydroxyl groups is 1. The number of anilines is 2. The number of ether oxygens (including phenoxy) is 1. The van der Waals surface area contributed by atoms with Crippen LogP contribution in [0, 0.1) is 5.41 Å². The molecule has 0 saturated carbocycles. The van der Waals surface area contributed by atoms with Gasteiger partial charge in [0.1, 0.15) is 0 Å². The highest BCUT2D eigenvalue weighted by atomic mass is 16.5. The van der Waals surface area contributed by atoms with Crippen LogP contribution in [0.2, 0.25) is 0 Å². The van der Waals surface area contributed by atoms with E-state index in [0.717, 1.165) is 6.54 Å². The number of para-hydroxylation sites is 2. The zero-order valence-electron chi connectivity index (χ0n) is 11.4. The fourth-order valence-electron chi connectivity index (χ4n) is 2.38. The fraction of sp³-hybridized carbons (Fsp3) is 0.571. The van der Waals surface area contributed by atoms with Crippen LogP contribution in [0.1, 0.15) is 0 Å². The minimum atomic E-state index is -0.0891. The molecule has 2 rings (SSSR count). The van der Waals surface area contributed by atoms with Crippen molar-refractivity contribution in [3.63, 3.8) is 0 Å². The lowest BCUT2D eigenvalue weighted by Gasteiger charge is -2.43. The van der Waals surface area contributed by atoms with Crippen LogP contribution >= 0.6 is 0 Å². The third-order valence-corrected chi connectivity index (χ3v) is 3.50. The number of benzene rings is 1. The van der Waals surface area contributed by atoms with Crippen molar-refractivity contribution in [1.29, 1.82) is 0 Å². The van der Waals surface area contributed by atoms with E-state index in [-0.39, 0.29) is 12.0 Å². The van der Waals surface area contributed by atoms with E-state index >= 15 is 0 Å². The molecule has 0 bridgehead atoms. The van der Waals surface area contributed by atoms with E-state index in [0.29, 0.717) is 13.2 Å². The molecule has 0 unspecified atom stereocenters. The summed E-state index contributed by atoms with van der Waals surface area (Å²) >= 11 is 0. The Morgan fingerprint density at radius 2 is 1.78 bits per heavy atom. The lowest BCUT2D eigenvalue weighted by Crippen LogP contribution is -2.52. The van der Waals surface area contributed by atoms with Crippen molar-refractivity contribution in [1.82, 2.24) is 0 Å². The standard InChI is InChI=1S/C14H22N2O2/c1-15(2)12-6-4-5-7-13(12)16(3)8-14(9-17)10-18-11-14/h4-7,17H,8-11H2,1-3H3.